The van der Waals surface area contributed by atoms with Crippen molar-refractivity contribution in [2.45, 2.75) is 11.8 Å². The molecule has 0 spiro atoms. The van der Waals surface area contributed by atoms with E-state index in [2.05, 4.69) is 5.32 Å². The Morgan fingerprint density at radius 3 is 2.81 bits per heavy atom. The number of methoxy groups -OCH3 is 1. The number of nitrogen functional groups attached to an aromatic ring is 1. The fourth-order valence-electron chi connectivity index (χ4n) is 1.28. The van der Waals surface area contributed by atoms with Crippen molar-refractivity contribution in [2.24, 2.45) is 0 Å². The van der Waals surface area contributed by atoms with Gasteiger partial charge in [0, 0.05) is 20.6 Å². The maximum atomic E-state index is 11.3. The van der Waals surface area contributed by atoms with Gasteiger partial charge >= 0.3 is 0 Å². The van der Waals surface area contributed by atoms with Crippen molar-refractivity contribution in [3.63, 3.8) is 0 Å². The third kappa shape index (κ3) is 2.90. The fourth-order valence-corrected chi connectivity index (χ4v) is 3.23. The quantitative estimate of drug-likeness (QED) is 0.467. The number of hydrogen-bond acceptors (Lipinski definition) is 6. The maximum absolute atomic E-state index is 11.3. The molecule has 6 heteroatoms. The van der Waals surface area contributed by atoms with Crippen LogP contribution in [-0.2, 0) is 4.74 Å². The molecule has 0 aromatic carbocycles. The third-order valence-electron chi connectivity index (χ3n) is 2.02. The Labute approximate surface area is 104 Å². The molecular formula is C10H16N2O2S2. The van der Waals surface area contributed by atoms with Crippen LogP contribution in [0.3, 0.4) is 0 Å². The first kappa shape index (κ1) is 13.3. The second kappa shape index (κ2) is 6.12. The average molecular weight is 260 g/mol. The number of ketones is 1. The number of anilines is 2. The molecule has 0 fully saturated rings. The molecule has 0 radical (unpaired) electrons. The number of ether oxygens (including phenoxy) is 1. The second-order valence-corrected chi connectivity index (χ2v) is 5.02. The first-order valence-electron chi connectivity index (χ1n) is 4.81. The van der Waals surface area contributed by atoms with E-state index in [1.54, 1.807) is 18.9 Å². The Bertz CT molecular complexity index is 377. The van der Waals surface area contributed by atoms with E-state index in [9.17, 15) is 4.79 Å². The van der Waals surface area contributed by atoms with Gasteiger partial charge in [0.05, 0.1) is 22.1 Å². The number of hydrogen-bond donors (Lipinski definition) is 2. The number of carbonyl (C=O) groups is 1. The predicted octanol–water partition coefficient (Wildman–Crippen LogP) is 2.31. The van der Waals surface area contributed by atoms with E-state index >= 15 is 0 Å². The first-order chi connectivity index (χ1) is 7.61. The highest BCUT2D eigenvalue weighted by molar-refractivity contribution is 7.99. The van der Waals surface area contributed by atoms with Crippen LogP contribution in [-0.4, -0.2) is 32.3 Å². The van der Waals surface area contributed by atoms with Gasteiger partial charge in [0.15, 0.2) is 5.78 Å². The number of nitrogens with one attached hydrogen (secondary N) is 1. The van der Waals surface area contributed by atoms with Crippen LogP contribution >= 0.6 is 23.1 Å². The van der Waals surface area contributed by atoms with E-state index < -0.39 is 0 Å². The number of carbonyl (C=O) groups excluding carboxylic acids is 1. The van der Waals surface area contributed by atoms with Gasteiger partial charge in [-0.15, -0.1) is 23.1 Å². The van der Waals surface area contributed by atoms with Crippen LogP contribution in [0.25, 0.3) is 0 Å². The van der Waals surface area contributed by atoms with E-state index in [-0.39, 0.29) is 5.78 Å². The lowest BCUT2D eigenvalue weighted by atomic mass is 10.3. The van der Waals surface area contributed by atoms with Gasteiger partial charge in [-0.3, -0.25) is 4.79 Å². The van der Waals surface area contributed by atoms with Crippen molar-refractivity contribution in [1.82, 2.24) is 0 Å². The number of Topliss-reactive ketones (excluding diaryl/α,β-unsaturated/α-hetero) is 1. The summed E-state index contributed by atoms with van der Waals surface area (Å²) in [6, 6.07) is 0. The second-order valence-electron chi connectivity index (χ2n) is 3.18. The molecule has 90 valence electrons. The third-order valence-corrected chi connectivity index (χ3v) is 4.24. The largest absolute Gasteiger partial charge is 0.396 e. The minimum Gasteiger partial charge on any atom is -0.396 e. The van der Waals surface area contributed by atoms with E-state index in [0.29, 0.717) is 23.7 Å². The van der Waals surface area contributed by atoms with Crippen LogP contribution in [0.2, 0.25) is 0 Å². The van der Waals surface area contributed by atoms with Crippen molar-refractivity contribution in [2.75, 3.05) is 37.6 Å². The molecule has 0 aliphatic rings. The summed E-state index contributed by atoms with van der Waals surface area (Å²) in [7, 11) is 1.65. The van der Waals surface area contributed by atoms with Crippen molar-refractivity contribution in [3.8, 4) is 0 Å². The highest BCUT2D eigenvalue weighted by Crippen LogP contribution is 2.41. The monoisotopic (exact) mass is 260 g/mol. The van der Waals surface area contributed by atoms with E-state index in [1.807, 2.05) is 6.26 Å². The molecule has 16 heavy (non-hydrogen) atoms. The molecule has 0 amide bonds. The Morgan fingerprint density at radius 2 is 2.31 bits per heavy atom. The van der Waals surface area contributed by atoms with Crippen LogP contribution in [0.5, 0.6) is 0 Å². The molecular weight excluding hydrogens is 244 g/mol. The molecule has 0 aliphatic heterocycles. The smallest absolute Gasteiger partial charge is 0.171 e. The number of nitrogens with two attached hydrogens (primary N) is 1. The van der Waals surface area contributed by atoms with Gasteiger partial charge in [0.2, 0.25) is 0 Å². The molecule has 0 saturated carbocycles. The number of thioether (sulfide) groups is 1. The summed E-state index contributed by atoms with van der Waals surface area (Å²) < 4.78 is 4.96. The molecule has 3 N–H and O–H groups in total. The van der Waals surface area contributed by atoms with Gasteiger partial charge < -0.3 is 15.8 Å². The molecule has 0 saturated heterocycles. The van der Waals surface area contributed by atoms with Gasteiger partial charge in [-0.1, -0.05) is 0 Å². The summed E-state index contributed by atoms with van der Waals surface area (Å²) >= 11 is 2.96. The molecule has 4 nitrogen and oxygen atoms in total. The zero-order valence-electron chi connectivity index (χ0n) is 9.62. The Kier molecular flexibility index (Phi) is 5.11. The van der Waals surface area contributed by atoms with Crippen LogP contribution in [0.15, 0.2) is 4.90 Å². The van der Waals surface area contributed by atoms with E-state index in [0.717, 1.165) is 9.90 Å². The van der Waals surface area contributed by atoms with Gasteiger partial charge in [0.1, 0.15) is 5.00 Å². The topological polar surface area (TPSA) is 64.3 Å². The molecule has 1 aromatic rings. The predicted molar refractivity (Wildman–Crippen MR) is 70.9 cm³/mol. The van der Waals surface area contributed by atoms with Gasteiger partial charge in [-0.2, -0.15) is 0 Å². The zero-order valence-corrected chi connectivity index (χ0v) is 11.3. The minimum absolute atomic E-state index is 0.0117. The molecule has 1 rings (SSSR count). The summed E-state index contributed by atoms with van der Waals surface area (Å²) in [4.78, 5) is 12.9. The summed E-state index contributed by atoms with van der Waals surface area (Å²) in [6.07, 6.45) is 1.95. The van der Waals surface area contributed by atoms with Crippen molar-refractivity contribution < 1.29 is 9.53 Å². The van der Waals surface area contributed by atoms with Gasteiger partial charge in [-0.25, -0.2) is 0 Å². The van der Waals surface area contributed by atoms with E-state index in [4.69, 9.17) is 10.5 Å². The van der Waals surface area contributed by atoms with Crippen molar-refractivity contribution in [1.29, 1.82) is 0 Å². The van der Waals surface area contributed by atoms with Crippen molar-refractivity contribution in [3.05, 3.63) is 4.88 Å². The van der Waals surface area contributed by atoms with Crippen LogP contribution in [0.4, 0.5) is 10.7 Å². The van der Waals surface area contributed by atoms with Gasteiger partial charge in [0.25, 0.3) is 0 Å². The minimum atomic E-state index is 0.0117. The Morgan fingerprint density at radius 1 is 1.62 bits per heavy atom. The molecule has 0 atom stereocenters. The Hall–Kier alpha value is -0.720. The first-order valence-corrected chi connectivity index (χ1v) is 6.86. The lowest BCUT2D eigenvalue weighted by Gasteiger charge is -2.04. The summed E-state index contributed by atoms with van der Waals surface area (Å²) in [5.74, 6) is 0.0117. The summed E-state index contributed by atoms with van der Waals surface area (Å²) in [5.41, 5.74) is 6.51. The van der Waals surface area contributed by atoms with Crippen LogP contribution < -0.4 is 11.1 Å². The molecule has 0 aliphatic carbocycles. The fraction of sp³-hybridized carbons (Fsp3) is 0.500. The van der Waals surface area contributed by atoms with Crippen LogP contribution in [0.1, 0.15) is 16.6 Å². The van der Waals surface area contributed by atoms with Crippen molar-refractivity contribution >= 4 is 39.6 Å². The number of thiophene rings is 1. The lowest BCUT2D eigenvalue weighted by Crippen LogP contribution is -2.06. The SMILES string of the molecule is COCCNc1sc(C(C)=O)c(N)c1SC. The number of rotatable bonds is 6. The standard InChI is InChI=1S/C10H16N2O2S2/c1-6(13)8-7(11)9(15-3)10(16-8)12-4-5-14-2/h12H,4-5,11H2,1-3H3. The molecule has 1 heterocycles. The highest BCUT2D eigenvalue weighted by atomic mass is 32.2. The lowest BCUT2D eigenvalue weighted by molar-refractivity contribution is 0.102. The van der Waals surface area contributed by atoms with Gasteiger partial charge in [-0.05, 0) is 6.26 Å². The molecule has 0 unspecified atom stereocenters. The average Bonchev–Trinajstić information content (AvgIpc) is 2.55. The molecule has 0 bridgehead atoms. The normalized spacial score (nSPS) is 10.4. The summed E-state index contributed by atoms with van der Waals surface area (Å²) in [6.45, 7) is 2.87. The Balaban J connectivity index is 2.90. The molecule has 1 aromatic heterocycles. The zero-order chi connectivity index (χ0) is 12.1. The highest BCUT2D eigenvalue weighted by Gasteiger charge is 2.17. The van der Waals surface area contributed by atoms with E-state index in [1.165, 1.54) is 18.3 Å². The maximum Gasteiger partial charge on any atom is 0.171 e. The summed E-state index contributed by atoms with van der Waals surface area (Å²) in [5, 5.41) is 4.17. The van der Waals surface area contributed by atoms with Crippen LogP contribution in [0, 0.1) is 0 Å².